The summed E-state index contributed by atoms with van der Waals surface area (Å²) in [6, 6.07) is 16.5. The van der Waals surface area contributed by atoms with Gasteiger partial charge in [0.15, 0.2) is 0 Å². The van der Waals surface area contributed by atoms with E-state index >= 15 is 0 Å². The Balaban J connectivity index is 2.02. The molecule has 0 fully saturated rings. The fourth-order valence-corrected chi connectivity index (χ4v) is 2.38. The smallest absolute Gasteiger partial charge is 0.118 e. The lowest BCUT2D eigenvalue weighted by Crippen LogP contribution is -2.11. The molecule has 0 aliphatic carbocycles. The lowest BCUT2D eigenvalue weighted by molar-refractivity contribution is 0.465. The van der Waals surface area contributed by atoms with E-state index in [9.17, 15) is 5.11 Å². The molecule has 0 atom stereocenters. The van der Waals surface area contributed by atoms with E-state index in [1.165, 1.54) is 11.1 Å². The van der Waals surface area contributed by atoms with Gasteiger partial charge in [0.1, 0.15) is 5.75 Å². The number of phenols is 1. The lowest BCUT2D eigenvalue weighted by atomic mass is 9.85. The van der Waals surface area contributed by atoms with Crippen molar-refractivity contribution < 1.29 is 5.11 Å². The number of hydrogen-bond acceptors (Lipinski definition) is 1. The normalized spacial score (nSPS) is 11.6. The highest BCUT2D eigenvalue weighted by atomic mass is 16.3. The molecule has 106 valence electrons. The van der Waals surface area contributed by atoms with Gasteiger partial charge in [-0.1, -0.05) is 63.2 Å². The van der Waals surface area contributed by atoms with E-state index in [0.717, 1.165) is 24.8 Å². The third-order valence-electron chi connectivity index (χ3n) is 3.70. The summed E-state index contributed by atoms with van der Waals surface area (Å²) in [5.41, 5.74) is 3.83. The average Bonchev–Trinajstić information content (AvgIpc) is 2.41. The molecule has 0 saturated heterocycles. The molecule has 20 heavy (non-hydrogen) atoms. The largest absolute Gasteiger partial charge is 0.508 e. The molecule has 0 aromatic heterocycles. The van der Waals surface area contributed by atoms with Crippen LogP contribution in [0.3, 0.4) is 0 Å². The SMILES string of the molecule is CC(C)(C)c1ccc(O)c(CCCc2ccccc2)c1. The summed E-state index contributed by atoms with van der Waals surface area (Å²) in [6.45, 7) is 6.60. The minimum atomic E-state index is 0.127. The summed E-state index contributed by atoms with van der Waals surface area (Å²) < 4.78 is 0. The first-order valence-electron chi connectivity index (χ1n) is 7.33. The van der Waals surface area contributed by atoms with Gasteiger partial charge in [0.2, 0.25) is 0 Å². The highest BCUT2D eigenvalue weighted by molar-refractivity contribution is 5.38. The summed E-state index contributed by atoms with van der Waals surface area (Å²) in [7, 11) is 0. The van der Waals surface area contributed by atoms with Crippen LogP contribution in [-0.2, 0) is 18.3 Å². The van der Waals surface area contributed by atoms with Gasteiger partial charge < -0.3 is 5.11 Å². The van der Waals surface area contributed by atoms with Crippen LogP contribution in [0.2, 0.25) is 0 Å². The number of aromatic hydroxyl groups is 1. The van der Waals surface area contributed by atoms with Crippen LogP contribution in [0.4, 0.5) is 0 Å². The van der Waals surface area contributed by atoms with Gasteiger partial charge in [-0.25, -0.2) is 0 Å². The topological polar surface area (TPSA) is 20.2 Å². The van der Waals surface area contributed by atoms with E-state index < -0.39 is 0 Å². The zero-order valence-corrected chi connectivity index (χ0v) is 12.7. The van der Waals surface area contributed by atoms with E-state index in [-0.39, 0.29) is 5.41 Å². The van der Waals surface area contributed by atoms with E-state index in [1.807, 2.05) is 18.2 Å². The second kappa shape index (κ2) is 6.13. The first-order valence-corrected chi connectivity index (χ1v) is 7.33. The maximum atomic E-state index is 10.00. The van der Waals surface area contributed by atoms with E-state index in [0.29, 0.717) is 5.75 Å². The van der Waals surface area contributed by atoms with Gasteiger partial charge in [-0.05, 0) is 47.4 Å². The van der Waals surface area contributed by atoms with Gasteiger partial charge in [0, 0.05) is 0 Å². The molecular formula is C19H24O. The van der Waals surface area contributed by atoms with Crippen molar-refractivity contribution in [3.05, 3.63) is 65.2 Å². The quantitative estimate of drug-likeness (QED) is 0.839. The van der Waals surface area contributed by atoms with Gasteiger partial charge in [-0.15, -0.1) is 0 Å². The molecule has 0 saturated carbocycles. The van der Waals surface area contributed by atoms with Crippen LogP contribution in [0, 0.1) is 0 Å². The van der Waals surface area contributed by atoms with Crippen LogP contribution >= 0.6 is 0 Å². The number of phenolic OH excluding ortho intramolecular Hbond substituents is 1. The lowest BCUT2D eigenvalue weighted by Gasteiger charge is -2.20. The molecule has 2 aromatic carbocycles. The minimum absolute atomic E-state index is 0.127. The molecular weight excluding hydrogens is 244 g/mol. The molecule has 2 rings (SSSR count). The number of hydrogen-bond donors (Lipinski definition) is 1. The standard InChI is InChI=1S/C19H24O/c1-19(2,3)17-12-13-18(20)16(14-17)11-7-10-15-8-5-4-6-9-15/h4-6,8-9,12-14,20H,7,10-11H2,1-3H3. The van der Waals surface area contributed by atoms with Crippen molar-refractivity contribution in [2.75, 3.05) is 0 Å². The molecule has 2 aromatic rings. The Hall–Kier alpha value is -1.76. The van der Waals surface area contributed by atoms with Crippen LogP contribution in [0.5, 0.6) is 5.75 Å². The Morgan fingerprint density at radius 3 is 2.25 bits per heavy atom. The summed E-state index contributed by atoms with van der Waals surface area (Å²) in [6.07, 6.45) is 3.04. The molecule has 1 heteroatoms. The van der Waals surface area contributed by atoms with Crippen molar-refractivity contribution in [3.63, 3.8) is 0 Å². The van der Waals surface area contributed by atoms with E-state index in [4.69, 9.17) is 0 Å². The second-order valence-corrected chi connectivity index (χ2v) is 6.43. The van der Waals surface area contributed by atoms with Crippen LogP contribution < -0.4 is 0 Å². The van der Waals surface area contributed by atoms with Gasteiger partial charge in [-0.2, -0.15) is 0 Å². The zero-order chi connectivity index (χ0) is 14.6. The Morgan fingerprint density at radius 2 is 1.60 bits per heavy atom. The Bertz CT molecular complexity index is 550. The van der Waals surface area contributed by atoms with Crippen molar-refractivity contribution in [1.82, 2.24) is 0 Å². The fourth-order valence-electron chi connectivity index (χ4n) is 2.38. The minimum Gasteiger partial charge on any atom is -0.508 e. The summed E-state index contributed by atoms with van der Waals surface area (Å²) >= 11 is 0. The van der Waals surface area contributed by atoms with Crippen molar-refractivity contribution in [2.24, 2.45) is 0 Å². The summed E-state index contributed by atoms with van der Waals surface area (Å²) in [5, 5.41) is 10.00. The molecule has 0 aliphatic heterocycles. The van der Waals surface area contributed by atoms with Crippen LogP contribution in [-0.4, -0.2) is 5.11 Å². The van der Waals surface area contributed by atoms with E-state index in [1.54, 1.807) is 0 Å². The molecule has 1 N–H and O–H groups in total. The van der Waals surface area contributed by atoms with E-state index in [2.05, 4.69) is 51.1 Å². The molecule has 0 amide bonds. The first kappa shape index (κ1) is 14.6. The highest BCUT2D eigenvalue weighted by Crippen LogP contribution is 2.28. The van der Waals surface area contributed by atoms with Crippen molar-refractivity contribution >= 4 is 0 Å². The predicted molar refractivity (Wildman–Crippen MR) is 85.3 cm³/mol. The second-order valence-electron chi connectivity index (χ2n) is 6.43. The Kier molecular flexibility index (Phi) is 4.49. The fraction of sp³-hybridized carbons (Fsp3) is 0.368. The molecule has 0 spiro atoms. The van der Waals surface area contributed by atoms with Gasteiger partial charge in [0.25, 0.3) is 0 Å². The molecule has 0 radical (unpaired) electrons. The number of rotatable bonds is 4. The van der Waals surface area contributed by atoms with Gasteiger partial charge >= 0.3 is 0 Å². The summed E-state index contributed by atoms with van der Waals surface area (Å²) in [4.78, 5) is 0. The molecule has 1 nitrogen and oxygen atoms in total. The maximum Gasteiger partial charge on any atom is 0.118 e. The number of aryl methyl sites for hydroxylation is 2. The summed E-state index contributed by atoms with van der Waals surface area (Å²) in [5.74, 6) is 0.422. The molecule has 0 aliphatic rings. The van der Waals surface area contributed by atoms with Gasteiger partial charge in [-0.3, -0.25) is 0 Å². The third-order valence-corrected chi connectivity index (χ3v) is 3.70. The predicted octanol–water partition coefficient (Wildman–Crippen LogP) is 4.87. The third kappa shape index (κ3) is 3.86. The van der Waals surface area contributed by atoms with Crippen LogP contribution in [0.25, 0.3) is 0 Å². The highest BCUT2D eigenvalue weighted by Gasteiger charge is 2.15. The average molecular weight is 268 g/mol. The maximum absolute atomic E-state index is 10.00. The molecule has 0 bridgehead atoms. The first-order chi connectivity index (χ1) is 9.47. The van der Waals surface area contributed by atoms with Crippen LogP contribution in [0.1, 0.15) is 43.9 Å². The monoisotopic (exact) mass is 268 g/mol. The van der Waals surface area contributed by atoms with Crippen molar-refractivity contribution in [2.45, 2.75) is 45.4 Å². The Labute approximate surface area is 122 Å². The molecule has 0 heterocycles. The van der Waals surface area contributed by atoms with Crippen LogP contribution in [0.15, 0.2) is 48.5 Å². The Morgan fingerprint density at radius 1 is 0.900 bits per heavy atom. The van der Waals surface area contributed by atoms with Gasteiger partial charge in [0.05, 0.1) is 0 Å². The zero-order valence-electron chi connectivity index (χ0n) is 12.7. The molecule has 0 unspecified atom stereocenters. The van der Waals surface area contributed by atoms with Crippen molar-refractivity contribution in [1.29, 1.82) is 0 Å². The van der Waals surface area contributed by atoms with Crippen molar-refractivity contribution in [3.8, 4) is 5.75 Å². The number of benzene rings is 2.